The van der Waals surface area contributed by atoms with Crippen LogP contribution in [0, 0.1) is 17.0 Å². The lowest BCUT2D eigenvalue weighted by Gasteiger charge is -2.30. The van der Waals surface area contributed by atoms with Crippen molar-refractivity contribution >= 4 is 11.6 Å². The first-order valence-corrected chi connectivity index (χ1v) is 7.54. The largest absolute Gasteiger partial charge is 0.309 e. The van der Waals surface area contributed by atoms with Crippen LogP contribution >= 0.6 is 0 Å². The highest BCUT2D eigenvalue weighted by Crippen LogP contribution is 2.26. The molecule has 21 heavy (non-hydrogen) atoms. The van der Waals surface area contributed by atoms with E-state index in [0.717, 1.165) is 31.7 Å². The van der Waals surface area contributed by atoms with E-state index in [0.29, 0.717) is 6.54 Å². The Morgan fingerprint density at radius 1 is 1.14 bits per heavy atom. The molecule has 0 aliphatic carbocycles. The molecule has 1 aromatic carbocycles. The summed E-state index contributed by atoms with van der Waals surface area (Å²) in [5.74, 6) is -1.47. The highest BCUT2D eigenvalue weighted by molar-refractivity contribution is 5.97. The van der Waals surface area contributed by atoms with Crippen molar-refractivity contribution in [2.75, 3.05) is 11.4 Å². The second-order valence-corrected chi connectivity index (χ2v) is 6.36. The van der Waals surface area contributed by atoms with Crippen molar-refractivity contribution in [1.82, 2.24) is 0 Å². The van der Waals surface area contributed by atoms with E-state index >= 15 is 0 Å². The van der Waals surface area contributed by atoms with Gasteiger partial charge in [0.15, 0.2) is 0 Å². The average molecular weight is 297 g/mol. The molecule has 0 radical (unpaired) electrons. The van der Waals surface area contributed by atoms with Gasteiger partial charge in [-0.1, -0.05) is 47.0 Å². The molecule has 0 aliphatic rings. The van der Waals surface area contributed by atoms with Crippen molar-refractivity contribution in [1.29, 1.82) is 0 Å². The first kappa shape index (κ1) is 17.6. The Kier molecular flexibility index (Phi) is 6.31. The van der Waals surface area contributed by atoms with Gasteiger partial charge in [-0.3, -0.25) is 4.79 Å². The summed E-state index contributed by atoms with van der Waals surface area (Å²) in [5, 5.41) is 0. The fourth-order valence-corrected chi connectivity index (χ4v) is 2.13. The normalized spacial score (nSPS) is 11.5. The van der Waals surface area contributed by atoms with Gasteiger partial charge in [-0.05, 0) is 18.6 Å². The van der Waals surface area contributed by atoms with Gasteiger partial charge in [0.25, 0.3) is 0 Å². The minimum atomic E-state index is -0.692. The number of halogens is 2. The maximum atomic E-state index is 14.0. The Morgan fingerprint density at radius 3 is 2.33 bits per heavy atom. The van der Waals surface area contributed by atoms with E-state index in [9.17, 15) is 13.6 Å². The van der Waals surface area contributed by atoms with E-state index in [1.165, 1.54) is 17.0 Å². The van der Waals surface area contributed by atoms with Crippen molar-refractivity contribution in [3.63, 3.8) is 0 Å². The Labute approximate surface area is 126 Å². The number of hydrogen-bond acceptors (Lipinski definition) is 1. The van der Waals surface area contributed by atoms with Gasteiger partial charge >= 0.3 is 0 Å². The molecule has 0 saturated heterocycles. The molecule has 2 nitrogen and oxygen atoms in total. The summed E-state index contributed by atoms with van der Waals surface area (Å²) in [6.07, 6.45) is 3.99. The number of carbonyl (C=O) groups is 1. The first-order valence-electron chi connectivity index (χ1n) is 7.54. The summed E-state index contributed by atoms with van der Waals surface area (Å²) >= 11 is 0. The number of carbonyl (C=O) groups excluding carboxylic acids is 1. The molecule has 0 heterocycles. The van der Waals surface area contributed by atoms with Crippen LogP contribution in [0.3, 0.4) is 0 Å². The summed E-state index contributed by atoms with van der Waals surface area (Å²) in [7, 11) is 0. The van der Waals surface area contributed by atoms with E-state index in [4.69, 9.17) is 0 Å². The number of unbranched alkanes of at least 4 members (excludes halogenated alkanes) is 3. The van der Waals surface area contributed by atoms with E-state index in [-0.39, 0.29) is 11.6 Å². The van der Waals surface area contributed by atoms with E-state index < -0.39 is 17.0 Å². The molecule has 0 spiro atoms. The fourth-order valence-electron chi connectivity index (χ4n) is 2.13. The third-order valence-electron chi connectivity index (χ3n) is 3.32. The van der Waals surface area contributed by atoms with Gasteiger partial charge < -0.3 is 4.90 Å². The summed E-state index contributed by atoms with van der Waals surface area (Å²) in [5.41, 5.74) is -0.446. The highest BCUT2D eigenvalue weighted by Gasteiger charge is 2.29. The van der Waals surface area contributed by atoms with Crippen molar-refractivity contribution in [2.24, 2.45) is 5.41 Å². The number of nitrogens with zero attached hydrogens (tertiary/aromatic N) is 1. The zero-order valence-corrected chi connectivity index (χ0v) is 13.4. The van der Waals surface area contributed by atoms with E-state index in [2.05, 4.69) is 6.92 Å². The Balaban J connectivity index is 2.98. The predicted molar refractivity (Wildman–Crippen MR) is 82.3 cm³/mol. The second-order valence-electron chi connectivity index (χ2n) is 6.36. The van der Waals surface area contributed by atoms with Crippen LogP contribution in [0.1, 0.15) is 53.4 Å². The topological polar surface area (TPSA) is 20.3 Å². The van der Waals surface area contributed by atoms with Crippen molar-refractivity contribution in [3.8, 4) is 0 Å². The molecular weight excluding hydrogens is 272 g/mol. The number of hydrogen-bond donors (Lipinski definition) is 0. The SMILES string of the molecule is CCCCCCN(C(=O)C(C)(C)C)c1ccc(F)cc1F. The van der Waals surface area contributed by atoms with Gasteiger partial charge in [0.05, 0.1) is 5.69 Å². The van der Waals surface area contributed by atoms with Crippen LogP contribution in [0.25, 0.3) is 0 Å². The first-order chi connectivity index (χ1) is 9.77. The molecule has 0 N–H and O–H groups in total. The third-order valence-corrected chi connectivity index (χ3v) is 3.32. The van der Waals surface area contributed by atoms with Crippen LogP contribution < -0.4 is 4.90 Å². The minimum Gasteiger partial charge on any atom is -0.309 e. The maximum Gasteiger partial charge on any atom is 0.232 e. The standard InChI is InChI=1S/C17H25F2NO/c1-5-6-7-8-11-20(16(21)17(2,3)4)15-10-9-13(18)12-14(15)19/h9-10,12H,5-8,11H2,1-4H3. The zero-order valence-electron chi connectivity index (χ0n) is 13.4. The Hall–Kier alpha value is -1.45. The molecule has 0 unspecified atom stereocenters. The van der Waals surface area contributed by atoms with E-state index in [1.54, 1.807) is 20.8 Å². The second kappa shape index (κ2) is 7.53. The molecule has 0 aromatic heterocycles. The number of amides is 1. The predicted octanol–water partition coefficient (Wildman–Crippen LogP) is 4.92. The van der Waals surface area contributed by atoms with Crippen LogP contribution in [0.5, 0.6) is 0 Å². The molecule has 0 aliphatic heterocycles. The van der Waals surface area contributed by atoms with E-state index in [1.807, 2.05) is 0 Å². The van der Waals surface area contributed by atoms with Crippen LogP contribution in [-0.4, -0.2) is 12.5 Å². The molecule has 0 bridgehead atoms. The molecule has 0 atom stereocenters. The smallest absolute Gasteiger partial charge is 0.232 e. The van der Waals surface area contributed by atoms with Crippen molar-refractivity contribution in [2.45, 2.75) is 53.4 Å². The molecular formula is C17H25F2NO. The summed E-state index contributed by atoms with van der Waals surface area (Å²) < 4.78 is 27.0. The van der Waals surface area contributed by atoms with Gasteiger partial charge in [-0.25, -0.2) is 8.78 Å². The lowest BCUT2D eigenvalue weighted by Crippen LogP contribution is -2.40. The summed E-state index contributed by atoms with van der Waals surface area (Å²) in [6.45, 7) is 7.97. The van der Waals surface area contributed by atoms with Gasteiger partial charge in [0, 0.05) is 18.0 Å². The molecule has 0 fully saturated rings. The molecule has 4 heteroatoms. The van der Waals surface area contributed by atoms with Gasteiger partial charge in [0.1, 0.15) is 11.6 Å². The van der Waals surface area contributed by atoms with Crippen LogP contribution in [-0.2, 0) is 4.79 Å². The minimum absolute atomic E-state index is 0.149. The maximum absolute atomic E-state index is 14.0. The summed E-state index contributed by atoms with van der Waals surface area (Å²) in [4.78, 5) is 14.0. The zero-order chi connectivity index (χ0) is 16.0. The van der Waals surface area contributed by atoms with Crippen molar-refractivity contribution in [3.05, 3.63) is 29.8 Å². The van der Waals surface area contributed by atoms with Crippen molar-refractivity contribution < 1.29 is 13.6 Å². The van der Waals surface area contributed by atoms with Gasteiger partial charge in [0.2, 0.25) is 5.91 Å². The number of anilines is 1. The highest BCUT2D eigenvalue weighted by atomic mass is 19.1. The molecule has 118 valence electrons. The summed E-state index contributed by atoms with van der Waals surface area (Å²) in [6, 6.07) is 3.35. The molecule has 1 rings (SSSR count). The van der Waals surface area contributed by atoms with Crippen LogP contribution in [0.2, 0.25) is 0 Å². The third kappa shape index (κ3) is 5.10. The lowest BCUT2D eigenvalue weighted by atomic mass is 9.94. The Morgan fingerprint density at radius 2 is 1.81 bits per heavy atom. The van der Waals surface area contributed by atoms with Crippen LogP contribution in [0.4, 0.5) is 14.5 Å². The molecule has 0 saturated carbocycles. The quantitative estimate of drug-likeness (QED) is 0.682. The Bertz CT molecular complexity index is 480. The lowest BCUT2D eigenvalue weighted by molar-refractivity contribution is -0.125. The molecule has 1 aromatic rings. The molecule has 1 amide bonds. The number of benzene rings is 1. The number of rotatable bonds is 6. The van der Waals surface area contributed by atoms with Gasteiger partial charge in [-0.15, -0.1) is 0 Å². The monoisotopic (exact) mass is 297 g/mol. The van der Waals surface area contributed by atoms with Gasteiger partial charge in [-0.2, -0.15) is 0 Å². The fraction of sp³-hybridized carbons (Fsp3) is 0.588. The average Bonchev–Trinajstić information content (AvgIpc) is 2.38. The van der Waals surface area contributed by atoms with Crippen LogP contribution in [0.15, 0.2) is 18.2 Å².